The van der Waals surface area contributed by atoms with Crippen molar-refractivity contribution in [2.75, 3.05) is 40.9 Å². The van der Waals surface area contributed by atoms with Gasteiger partial charge in [0.25, 0.3) is 0 Å². The zero-order valence-corrected chi connectivity index (χ0v) is 47.9. The summed E-state index contributed by atoms with van der Waals surface area (Å²) in [7, 11) is 1.55. The van der Waals surface area contributed by atoms with E-state index in [-0.39, 0.29) is 19.1 Å². The topological polar surface area (TPSA) is 105 Å². The van der Waals surface area contributed by atoms with Crippen LogP contribution in [0.25, 0.3) is 0 Å². The van der Waals surface area contributed by atoms with Crippen LogP contribution in [0.15, 0.2) is 48.6 Å². The summed E-state index contributed by atoms with van der Waals surface area (Å²) in [6.45, 7) is 4.82. The number of unbranched alkanes of at least 4 members (excludes halogenated alkanes) is 36. The normalized spacial score (nSPS) is 14.2. The second-order valence-electron chi connectivity index (χ2n) is 21.7. The minimum absolute atomic E-state index is 0.0526. The maximum atomic E-state index is 13.0. The van der Waals surface area contributed by atoms with Crippen molar-refractivity contribution in [2.24, 2.45) is 0 Å². The fourth-order valence-corrected chi connectivity index (χ4v) is 9.51. The molecule has 3 N–H and O–H groups in total. The number of phosphoric acid groups is 1. The third-order valence-corrected chi connectivity index (χ3v) is 14.5. The third kappa shape index (κ3) is 54.2. The number of amides is 1. The van der Waals surface area contributed by atoms with Crippen LogP contribution in [0.1, 0.15) is 284 Å². The van der Waals surface area contributed by atoms with Crippen LogP contribution in [-0.4, -0.2) is 73.4 Å². The second-order valence-corrected chi connectivity index (χ2v) is 23.2. The minimum atomic E-state index is -4.36. The zero-order chi connectivity index (χ0) is 51.3. The van der Waals surface area contributed by atoms with E-state index in [9.17, 15) is 19.4 Å². The number of aliphatic hydroxyl groups excluding tert-OH is 1. The molecule has 0 aliphatic carbocycles. The van der Waals surface area contributed by atoms with E-state index in [4.69, 9.17) is 9.05 Å². The van der Waals surface area contributed by atoms with Crippen LogP contribution in [0, 0.1) is 0 Å². The van der Waals surface area contributed by atoms with Crippen molar-refractivity contribution in [3.05, 3.63) is 48.6 Å². The molecule has 1 amide bonds. The first-order valence-electron chi connectivity index (χ1n) is 30.0. The predicted molar refractivity (Wildman–Crippen MR) is 304 cm³/mol. The summed E-state index contributed by atoms with van der Waals surface area (Å²) in [6, 6.07) is -0.873. The molecule has 0 rings (SSSR count). The van der Waals surface area contributed by atoms with Gasteiger partial charge in [0.1, 0.15) is 13.2 Å². The standard InChI is InChI=1S/C61H117N2O6P/c1-6-8-10-12-14-16-18-20-22-24-26-28-30-32-34-36-38-40-42-44-46-48-50-52-54-60(64)59(58-69-70(66,67)68-57-56-63(3,4)5)62-61(65)55-53-51-49-47-45-43-41-39-37-35-33-31-29-27-25-23-21-19-17-15-13-11-9-7-2/h33,35-36,38,44,46,52,54,59-60,64H,6-32,34,37,39-43,45,47-51,53,55-58H2,1-5H3,(H-,62,65,66,67)/p+1/b35-33-,38-36+,46-44+,54-52+. The summed E-state index contributed by atoms with van der Waals surface area (Å²) in [5.41, 5.74) is 0. The molecule has 0 saturated heterocycles. The average Bonchev–Trinajstić information content (AvgIpc) is 3.32. The highest BCUT2D eigenvalue weighted by atomic mass is 31.2. The summed E-state index contributed by atoms with van der Waals surface area (Å²) >= 11 is 0. The van der Waals surface area contributed by atoms with Gasteiger partial charge in [-0.2, -0.15) is 0 Å². The van der Waals surface area contributed by atoms with Gasteiger partial charge >= 0.3 is 7.82 Å². The van der Waals surface area contributed by atoms with Gasteiger partial charge in [0, 0.05) is 6.42 Å². The van der Waals surface area contributed by atoms with E-state index in [0.29, 0.717) is 17.4 Å². The van der Waals surface area contributed by atoms with Gasteiger partial charge in [-0.3, -0.25) is 13.8 Å². The number of carbonyl (C=O) groups is 1. The summed E-state index contributed by atoms with van der Waals surface area (Å²) < 4.78 is 23.7. The Balaban J connectivity index is 4.26. The van der Waals surface area contributed by atoms with Crippen molar-refractivity contribution in [1.82, 2.24) is 5.32 Å². The Hall–Kier alpha value is -1.54. The van der Waals surface area contributed by atoms with Crippen molar-refractivity contribution < 1.29 is 32.9 Å². The Labute approximate surface area is 435 Å². The highest BCUT2D eigenvalue weighted by Crippen LogP contribution is 2.43. The van der Waals surface area contributed by atoms with E-state index in [2.05, 4.69) is 55.6 Å². The van der Waals surface area contributed by atoms with E-state index < -0.39 is 20.0 Å². The predicted octanol–water partition coefficient (Wildman–Crippen LogP) is 18.3. The molecule has 0 aromatic heterocycles. The van der Waals surface area contributed by atoms with Crippen molar-refractivity contribution in [1.29, 1.82) is 0 Å². The Morgan fingerprint density at radius 2 is 0.786 bits per heavy atom. The van der Waals surface area contributed by atoms with E-state index in [1.54, 1.807) is 6.08 Å². The smallest absolute Gasteiger partial charge is 0.387 e. The molecule has 412 valence electrons. The lowest BCUT2D eigenvalue weighted by atomic mass is 10.0. The summed E-state index contributed by atoms with van der Waals surface area (Å²) in [5, 5.41) is 13.9. The van der Waals surface area contributed by atoms with Crippen LogP contribution in [-0.2, 0) is 18.4 Å². The number of phosphoric ester groups is 1. The molecule has 0 spiro atoms. The Morgan fingerprint density at radius 3 is 1.14 bits per heavy atom. The maximum absolute atomic E-state index is 13.0. The Morgan fingerprint density at radius 1 is 0.471 bits per heavy atom. The van der Waals surface area contributed by atoms with Gasteiger partial charge in [0.15, 0.2) is 0 Å². The minimum Gasteiger partial charge on any atom is -0.387 e. The number of quaternary nitrogens is 1. The number of rotatable bonds is 55. The van der Waals surface area contributed by atoms with Crippen LogP contribution >= 0.6 is 7.82 Å². The molecular formula is C61H118N2O6P+. The summed E-state index contributed by atoms with van der Waals surface area (Å²) in [4.78, 5) is 23.3. The number of carbonyl (C=O) groups excluding carboxylic acids is 1. The highest BCUT2D eigenvalue weighted by molar-refractivity contribution is 7.47. The third-order valence-electron chi connectivity index (χ3n) is 13.5. The van der Waals surface area contributed by atoms with E-state index in [1.807, 2.05) is 27.2 Å². The van der Waals surface area contributed by atoms with Crippen LogP contribution in [0.4, 0.5) is 0 Å². The van der Waals surface area contributed by atoms with Gasteiger partial charge in [0.2, 0.25) is 5.91 Å². The fourth-order valence-electron chi connectivity index (χ4n) is 8.78. The molecular weight excluding hydrogens is 888 g/mol. The number of hydrogen-bond acceptors (Lipinski definition) is 5. The number of nitrogens with zero attached hydrogens (tertiary/aromatic N) is 1. The number of allylic oxidation sites excluding steroid dienone is 7. The first-order valence-corrected chi connectivity index (χ1v) is 31.5. The molecule has 0 radical (unpaired) electrons. The van der Waals surface area contributed by atoms with Crippen LogP contribution in [0.3, 0.4) is 0 Å². The lowest BCUT2D eigenvalue weighted by Gasteiger charge is -2.25. The molecule has 8 nitrogen and oxygen atoms in total. The van der Waals surface area contributed by atoms with Gasteiger partial charge in [0.05, 0.1) is 39.9 Å². The van der Waals surface area contributed by atoms with Gasteiger partial charge in [-0.25, -0.2) is 4.57 Å². The Kier molecular flexibility index (Phi) is 51.2. The molecule has 0 bridgehead atoms. The molecule has 9 heteroatoms. The lowest BCUT2D eigenvalue weighted by molar-refractivity contribution is -0.870. The van der Waals surface area contributed by atoms with E-state index in [0.717, 1.165) is 44.9 Å². The highest BCUT2D eigenvalue weighted by Gasteiger charge is 2.27. The molecule has 0 aliphatic heterocycles. The van der Waals surface area contributed by atoms with Crippen LogP contribution in [0.5, 0.6) is 0 Å². The molecule has 3 atom stereocenters. The van der Waals surface area contributed by atoms with E-state index in [1.165, 1.54) is 218 Å². The Bertz CT molecular complexity index is 1280. The van der Waals surface area contributed by atoms with Crippen molar-refractivity contribution in [3.63, 3.8) is 0 Å². The summed E-state index contributed by atoms with van der Waals surface area (Å²) in [5.74, 6) is -0.191. The molecule has 0 heterocycles. The molecule has 0 fully saturated rings. The number of aliphatic hydroxyl groups is 1. The van der Waals surface area contributed by atoms with Gasteiger partial charge < -0.3 is 19.8 Å². The van der Waals surface area contributed by atoms with Crippen molar-refractivity contribution >= 4 is 13.7 Å². The van der Waals surface area contributed by atoms with Gasteiger partial charge in [-0.1, -0.05) is 255 Å². The van der Waals surface area contributed by atoms with Crippen molar-refractivity contribution in [3.8, 4) is 0 Å². The first-order chi connectivity index (χ1) is 34.0. The summed E-state index contributed by atoms with van der Waals surface area (Å²) in [6.07, 6.45) is 69.4. The molecule has 0 aromatic rings. The van der Waals surface area contributed by atoms with Crippen LogP contribution in [0.2, 0.25) is 0 Å². The second kappa shape index (κ2) is 52.3. The number of nitrogens with one attached hydrogen (secondary N) is 1. The van der Waals surface area contributed by atoms with Crippen molar-refractivity contribution in [2.45, 2.75) is 296 Å². The van der Waals surface area contributed by atoms with Crippen LogP contribution < -0.4 is 5.32 Å². The zero-order valence-electron chi connectivity index (χ0n) is 47.0. The average molecular weight is 1010 g/mol. The fraction of sp³-hybridized carbons (Fsp3) is 0.852. The van der Waals surface area contributed by atoms with E-state index >= 15 is 0 Å². The molecule has 0 aliphatic rings. The quantitative estimate of drug-likeness (QED) is 0.0243. The SMILES string of the molecule is CCCCCCCCCCCCCC/C=C\CCCCCCCCCCC(=O)NC(COP(=O)(O)OCC[N+](C)(C)C)C(O)/C=C/CC/C=C/CC/C=C/CCCCCCCCCCCCCCCC. The van der Waals surface area contributed by atoms with Gasteiger partial charge in [-0.15, -0.1) is 0 Å². The lowest BCUT2D eigenvalue weighted by Crippen LogP contribution is -2.45. The number of hydrogen-bond donors (Lipinski definition) is 3. The maximum Gasteiger partial charge on any atom is 0.472 e. The monoisotopic (exact) mass is 1010 g/mol. The first kappa shape index (κ1) is 68.5. The number of likely N-dealkylation sites (N-methyl/N-ethyl adjacent to an activating group) is 1. The molecule has 0 saturated carbocycles. The van der Waals surface area contributed by atoms with Gasteiger partial charge in [-0.05, 0) is 70.6 Å². The molecule has 0 aromatic carbocycles. The largest absolute Gasteiger partial charge is 0.472 e. The molecule has 3 unspecified atom stereocenters. The molecule has 70 heavy (non-hydrogen) atoms.